The number of pyridine rings is 1. The van der Waals surface area contributed by atoms with E-state index in [0.29, 0.717) is 16.8 Å². The number of aromatic hydroxyl groups is 1. The third kappa shape index (κ3) is 3.34. The van der Waals surface area contributed by atoms with Crippen LogP contribution in [-0.2, 0) is 4.74 Å². The van der Waals surface area contributed by atoms with Gasteiger partial charge in [0.15, 0.2) is 5.82 Å². The Morgan fingerprint density at radius 1 is 1.26 bits per heavy atom. The molecule has 2 saturated heterocycles. The summed E-state index contributed by atoms with van der Waals surface area (Å²) in [7, 11) is 1.52. The maximum atomic E-state index is 14.2. The molecular formula is C22H21F2N5O2. The topological polar surface area (TPSA) is 93.1 Å². The highest BCUT2D eigenvalue weighted by molar-refractivity contribution is 5.88. The molecule has 3 aromatic rings. The molecule has 2 aliphatic rings. The Morgan fingerprint density at radius 3 is 2.84 bits per heavy atom. The standard InChI is InChI=1S/C22H21F2N5O2/c1-11(14-7-19-22(23,24)8-16(27-19)20(14)31-2)17-10-26-21(29-28-17)15-5-12-3-4-25-9-13(12)6-18(15)30/h3-6,9-10,14,16,19-20,27,30H,1,7-8H2,2H3/t14-,16-,19-,20-/m1/s1. The van der Waals surface area contributed by atoms with Crippen LogP contribution in [0, 0.1) is 5.92 Å². The number of hydrogen-bond acceptors (Lipinski definition) is 7. The zero-order chi connectivity index (χ0) is 21.8. The van der Waals surface area contributed by atoms with Gasteiger partial charge in [-0.15, -0.1) is 10.2 Å². The predicted molar refractivity (Wildman–Crippen MR) is 110 cm³/mol. The van der Waals surface area contributed by atoms with Gasteiger partial charge in [-0.2, -0.15) is 0 Å². The largest absolute Gasteiger partial charge is 0.507 e. The Morgan fingerprint density at radius 2 is 2.10 bits per heavy atom. The van der Waals surface area contributed by atoms with E-state index in [0.717, 1.165) is 10.8 Å². The summed E-state index contributed by atoms with van der Waals surface area (Å²) < 4.78 is 34.0. The lowest BCUT2D eigenvalue weighted by Crippen LogP contribution is -2.51. The molecule has 0 radical (unpaired) electrons. The van der Waals surface area contributed by atoms with Crippen LogP contribution in [0.5, 0.6) is 5.75 Å². The van der Waals surface area contributed by atoms with Gasteiger partial charge in [-0.1, -0.05) is 6.58 Å². The van der Waals surface area contributed by atoms with Crippen LogP contribution in [-0.4, -0.2) is 56.5 Å². The number of alkyl halides is 2. The van der Waals surface area contributed by atoms with Gasteiger partial charge < -0.3 is 15.2 Å². The van der Waals surface area contributed by atoms with Gasteiger partial charge in [-0.25, -0.2) is 13.8 Å². The zero-order valence-electron chi connectivity index (χ0n) is 16.8. The van der Waals surface area contributed by atoms with Gasteiger partial charge in [-0.05, 0) is 35.6 Å². The average Bonchev–Trinajstić information content (AvgIpc) is 3.01. The Hall–Kier alpha value is -3.04. The third-order valence-electron chi connectivity index (χ3n) is 6.31. The lowest BCUT2D eigenvalue weighted by molar-refractivity contribution is -0.0153. The van der Waals surface area contributed by atoms with Crippen LogP contribution in [0.25, 0.3) is 27.7 Å². The number of rotatable bonds is 4. The second-order valence-corrected chi connectivity index (χ2v) is 8.12. The van der Waals surface area contributed by atoms with Crippen LogP contribution in [0.1, 0.15) is 18.5 Å². The number of phenolic OH excluding ortho intramolecular Hbond substituents is 1. The van der Waals surface area contributed by atoms with Crippen molar-refractivity contribution in [3.63, 3.8) is 0 Å². The van der Waals surface area contributed by atoms with Crippen LogP contribution in [0.15, 0.2) is 43.4 Å². The Labute approximate surface area is 177 Å². The molecule has 9 heteroatoms. The van der Waals surface area contributed by atoms with Crippen molar-refractivity contribution in [1.29, 1.82) is 0 Å². The summed E-state index contributed by atoms with van der Waals surface area (Å²) in [6.45, 7) is 4.10. The van der Waals surface area contributed by atoms with Crippen LogP contribution in [0.3, 0.4) is 0 Å². The number of halogens is 2. The van der Waals surface area contributed by atoms with Gasteiger partial charge >= 0.3 is 0 Å². The van der Waals surface area contributed by atoms with Crippen molar-refractivity contribution in [2.45, 2.75) is 37.0 Å². The van der Waals surface area contributed by atoms with E-state index < -0.39 is 24.1 Å². The third-order valence-corrected chi connectivity index (χ3v) is 6.31. The number of benzene rings is 1. The first-order valence-electron chi connectivity index (χ1n) is 10.00. The van der Waals surface area contributed by atoms with E-state index in [2.05, 4.69) is 32.1 Å². The van der Waals surface area contributed by atoms with Gasteiger partial charge in [0.2, 0.25) is 0 Å². The van der Waals surface area contributed by atoms with Crippen molar-refractivity contribution in [1.82, 2.24) is 25.5 Å². The number of aromatic nitrogens is 4. The minimum Gasteiger partial charge on any atom is -0.507 e. The molecule has 2 aliphatic heterocycles. The van der Waals surface area contributed by atoms with Gasteiger partial charge in [-0.3, -0.25) is 4.98 Å². The second kappa shape index (κ2) is 7.28. The molecule has 4 atom stereocenters. The second-order valence-electron chi connectivity index (χ2n) is 8.12. The van der Waals surface area contributed by atoms with E-state index in [4.69, 9.17) is 4.74 Å². The number of methoxy groups -OCH3 is 1. The molecule has 2 aromatic heterocycles. The molecule has 0 amide bonds. The number of ether oxygens (including phenoxy) is 1. The number of nitrogens with one attached hydrogen (secondary N) is 1. The fourth-order valence-electron chi connectivity index (χ4n) is 4.70. The Kier molecular flexibility index (Phi) is 4.67. The van der Waals surface area contributed by atoms with E-state index in [9.17, 15) is 13.9 Å². The molecule has 5 rings (SSSR count). The number of fused-ring (bicyclic) bond motifs is 3. The minimum absolute atomic E-state index is 0.0190. The molecule has 2 fully saturated rings. The highest BCUT2D eigenvalue weighted by atomic mass is 19.3. The van der Waals surface area contributed by atoms with E-state index in [1.54, 1.807) is 24.5 Å². The van der Waals surface area contributed by atoms with Gasteiger partial charge in [0.1, 0.15) is 11.4 Å². The number of hydrogen-bond donors (Lipinski definition) is 2. The van der Waals surface area contributed by atoms with Crippen LogP contribution in [0.4, 0.5) is 8.78 Å². The minimum atomic E-state index is -2.77. The number of nitrogens with zero attached hydrogens (tertiary/aromatic N) is 4. The molecule has 0 saturated carbocycles. The van der Waals surface area contributed by atoms with Crippen molar-refractivity contribution >= 4 is 16.3 Å². The van der Waals surface area contributed by atoms with E-state index >= 15 is 0 Å². The smallest absolute Gasteiger partial charge is 0.264 e. The highest BCUT2D eigenvalue weighted by Gasteiger charge is 2.57. The summed E-state index contributed by atoms with van der Waals surface area (Å²) in [4.78, 5) is 8.39. The maximum Gasteiger partial charge on any atom is 0.264 e. The first kappa shape index (κ1) is 19.9. The van der Waals surface area contributed by atoms with Gasteiger partial charge in [0.05, 0.1) is 23.9 Å². The quantitative estimate of drug-likeness (QED) is 0.663. The SMILES string of the molecule is C=C(c1cnc(-c2cc3ccncc3cc2O)nn1)[C@H]1C[C@H]2N[C@H](CC2(F)F)[C@@H]1OC. The molecule has 31 heavy (non-hydrogen) atoms. The van der Waals surface area contributed by atoms with Crippen LogP contribution < -0.4 is 5.32 Å². The molecule has 1 aromatic carbocycles. The number of phenols is 1. The molecule has 2 bridgehead atoms. The molecule has 2 N–H and O–H groups in total. The van der Waals surface area contributed by atoms with Gasteiger partial charge in [0, 0.05) is 43.3 Å². The molecule has 0 spiro atoms. The monoisotopic (exact) mass is 425 g/mol. The summed E-state index contributed by atoms with van der Waals surface area (Å²) in [6, 6.07) is 3.85. The first-order chi connectivity index (χ1) is 14.9. The zero-order valence-corrected chi connectivity index (χ0v) is 16.8. The van der Waals surface area contributed by atoms with Crippen molar-refractivity contribution in [3.8, 4) is 17.1 Å². The summed E-state index contributed by atoms with van der Waals surface area (Å²) >= 11 is 0. The highest BCUT2D eigenvalue weighted by Crippen LogP contribution is 2.45. The summed E-state index contributed by atoms with van der Waals surface area (Å²) in [5, 5.41) is 23.4. The van der Waals surface area contributed by atoms with Crippen molar-refractivity contribution in [2.24, 2.45) is 5.92 Å². The van der Waals surface area contributed by atoms with E-state index in [1.165, 1.54) is 13.3 Å². The van der Waals surface area contributed by atoms with Crippen LogP contribution >= 0.6 is 0 Å². The first-order valence-corrected chi connectivity index (χ1v) is 10.00. The van der Waals surface area contributed by atoms with E-state index in [-0.39, 0.29) is 30.3 Å². The molecule has 0 unspecified atom stereocenters. The maximum absolute atomic E-state index is 14.2. The van der Waals surface area contributed by atoms with E-state index in [1.807, 2.05) is 6.07 Å². The molecule has 160 valence electrons. The lowest BCUT2D eigenvalue weighted by Gasteiger charge is -2.37. The molecule has 4 heterocycles. The predicted octanol–water partition coefficient (Wildman–Crippen LogP) is 3.21. The molecule has 0 aliphatic carbocycles. The van der Waals surface area contributed by atoms with Crippen molar-refractivity contribution in [2.75, 3.05) is 7.11 Å². The normalized spacial score (nSPS) is 26.8. The fraction of sp³-hybridized carbons (Fsp3) is 0.364. The molecular weight excluding hydrogens is 404 g/mol. The summed E-state index contributed by atoms with van der Waals surface area (Å²) in [5.41, 5.74) is 1.43. The summed E-state index contributed by atoms with van der Waals surface area (Å²) in [5.74, 6) is -2.82. The summed E-state index contributed by atoms with van der Waals surface area (Å²) in [6.07, 6.45) is 4.35. The Balaban J connectivity index is 1.43. The van der Waals surface area contributed by atoms with Gasteiger partial charge in [0.25, 0.3) is 5.92 Å². The molecule has 7 nitrogen and oxygen atoms in total. The van der Waals surface area contributed by atoms with Crippen molar-refractivity contribution in [3.05, 3.63) is 49.1 Å². The van der Waals surface area contributed by atoms with Crippen molar-refractivity contribution < 1.29 is 18.6 Å². The average molecular weight is 425 g/mol. The fourth-order valence-corrected chi connectivity index (χ4v) is 4.70. The van der Waals surface area contributed by atoms with Crippen LogP contribution in [0.2, 0.25) is 0 Å². The number of piperidine rings is 1. The Bertz CT molecular complexity index is 1150. The lowest BCUT2D eigenvalue weighted by atomic mass is 9.82.